The predicted molar refractivity (Wildman–Crippen MR) is 102 cm³/mol. The van der Waals surface area contributed by atoms with Gasteiger partial charge in [-0.15, -0.1) is 0 Å². The lowest BCUT2D eigenvalue weighted by atomic mass is 9.58. The largest absolute Gasteiger partial charge is 0.504 e. The molecule has 0 radical (unpaired) electrons. The zero-order chi connectivity index (χ0) is 21.5. The number of rotatable bonds is 3. The fourth-order valence-electron chi connectivity index (χ4n) is 7.06. The van der Waals surface area contributed by atoms with E-state index >= 15 is 0 Å². The molecule has 4 aliphatic rings. The van der Waals surface area contributed by atoms with E-state index in [2.05, 4.69) is 10.2 Å². The number of likely N-dealkylation sites (N-methyl/N-ethyl adjacent to an activating group) is 1. The van der Waals surface area contributed by atoms with Crippen molar-refractivity contribution in [2.75, 3.05) is 20.1 Å². The summed E-state index contributed by atoms with van der Waals surface area (Å²) < 4.78 is 5.15. The third-order valence-electron chi connectivity index (χ3n) is 7.64. The molecular weight excluding hydrogens is 392 g/mol. The predicted octanol–water partition coefficient (Wildman–Crippen LogP) is 0.547. The quantitative estimate of drug-likeness (QED) is 0.561. The van der Waals surface area contributed by atoms with Crippen LogP contribution in [-0.2, 0) is 21.4 Å². The summed E-state index contributed by atoms with van der Waals surface area (Å²) in [6, 6.07) is 3.17. The first kappa shape index (κ1) is 19.3. The number of hydrogen-bond acceptors (Lipinski definition) is 7. The zero-order valence-corrected chi connectivity index (χ0v) is 16.6. The molecule has 5 rings (SSSR count). The summed E-state index contributed by atoms with van der Waals surface area (Å²) in [4.78, 5) is 37.2. The Morgan fingerprint density at radius 3 is 2.80 bits per heavy atom. The fourth-order valence-corrected chi connectivity index (χ4v) is 7.06. The maximum absolute atomic E-state index is 12.5. The summed E-state index contributed by atoms with van der Waals surface area (Å²) in [6.45, 7) is 0.214. The van der Waals surface area contributed by atoms with Crippen LogP contribution in [0, 0.1) is 5.41 Å². The molecule has 30 heavy (non-hydrogen) atoms. The van der Waals surface area contributed by atoms with Gasteiger partial charge in [0.1, 0.15) is 12.3 Å². The maximum atomic E-state index is 12.5. The highest BCUT2D eigenvalue weighted by molar-refractivity contribution is 5.84. The van der Waals surface area contributed by atoms with Crippen LogP contribution in [0.1, 0.15) is 36.8 Å². The van der Waals surface area contributed by atoms with Crippen molar-refractivity contribution in [1.29, 1.82) is 0 Å². The number of nitrogens with one attached hydrogen (secondary N) is 1. The Bertz CT molecular complexity index is 994. The molecule has 3 fully saturated rings. The van der Waals surface area contributed by atoms with E-state index in [0.717, 1.165) is 12.1 Å². The number of nitrogens with zero attached hydrogens (tertiary/aromatic N) is 1. The molecule has 3 aliphatic carbocycles. The minimum atomic E-state index is -1.22. The smallest absolute Gasteiger partial charge is 0.413 e. The molecule has 4 N–H and O–H groups in total. The van der Waals surface area contributed by atoms with Gasteiger partial charge in [0.2, 0.25) is 0 Å². The van der Waals surface area contributed by atoms with Crippen LogP contribution < -0.4 is 10.1 Å². The molecule has 9 heteroatoms. The number of phenols is 1. The zero-order valence-electron chi connectivity index (χ0n) is 16.6. The van der Waals surface area contributed by atoms with Crippen LogP contribution in [0.3, 0.4) is 0 Å². The molecule has 1 heterocycles. The number of ketones is 1. The Kier molecular flexibility index (Phi) is 3.83. The summed E-state index contributed by atoms with van der Waals surface area (Å²) >= 11 is 0. The number of amides is 1. The topological polar surface area (TPSA) is 136 Å². The molecule has 1 aliphatic heterocycles. The standard InChI is InChI=1S/C21H24N2O7/c1-23-10-19-6-11-2-3-13(30-18(28)22-8-14(25)26)16(27)15(11)20(9-19)7-12(24)4-5-21(20,29)17(19)23/h2-3,17,27,29H,4-10H2,1H3,(H,22,28)(H,25,26). The number of aliphatic hydroxyl groups is 1. The first-order chi connectivity index (χ1) is 14.1. The van der Waals surface area contributed by atoms with Crippen LogP contribution in [-0.4, -0.2) is 69.8 Å². The van der Waals surface area contributed by atoms with Gasteiger partial charge in [-0.3, -0.25) is 14.5 Å². The van der Waals surface area contributed by atoms with Gasteiger partial charge >= 0.3 is 12.1 Å². The number of likely N-dealkylation sites (tertiary alicyclic amines) is 1. The second kappa shape index (κ2) is 5.95. The van der Waals surface area contributed by atoms with Gasteiger partial charge in [-0.25, -0.2) is 4.79 Å². The third kappa shape index (κ3) is 2.27. The second-order valence-electron chi connectivity index (χ2n) is 9.34. The number of phenolic OH excluding ortho intramolecular Hbond substituents is 1. The van der Waals surface area contributed by atoms with Gasteiger partial charge in [0, 0.05) is 41.8 Å². The van der Waals surface area contributed by atoms with E-state index in [-0.39, 0.29) is 35.2 Å². The number of carboxylic acid groups (broad SMARTS) is 1. The number of Topliss-reactive ketones (excluding diaryl/α,β-unsaturated/α-hetero) is 1. The van der Waals surface area contributed by atoms with E-state index in [9.17, 15) is 24.6 Å². The molecule has 9 nitrogen and oxygen atoms in total. The van der Waals surface area contributed by atoms with E-state index < -0.39 is 29.6 Å². The van der Waals surface area contributed by atoms with Crippen molar-refractivity contribution in [1.82, 2.24) is 10.2 Å². The normalized spacial score (nSPS) is 36.2. The van der Waals surface area contributed by atoms with Crippen molar-refractivity contribution in [3.8, 4) is 11.5 Å². The van der Waals surface area contributed by atoms with Crippen LogP contribution in [0.4, 0.5) is 4.79 Å². The first-order valence-electron chi connectivity index (χ1n) is 10.1. The number of aliphatic carboxylic acids is 1. The molecule has 1 aromatic rings. The third-order valence-corrected chi connectivity index (χ3v) is 7.64. The summed E-state index contributed by atoms with van der Waals surface area (Å²) in [6.07, 6.45) is 1.07. The fraction of sp³-hybridized carbons (Fsp3) is 0.571. The molecule has 2 spiro atoms. The SMILES string of the molecule is CN1CC23Cc4ccc(OC(=O)NCC(=O)O)c(O)c4C4(CC(=O)CCC4(O)C12)C3. The number of benzene rings is 1. The average Bonchev–Trinajstić information content (AvgIpc) is 2.79. The monoisotopic (exact) mass is 416 g/mol. The highest BCUT2D eigenvalue weighted by Gasteiger charge is 2.78. The molecule has 0 aromatic heterocycles. The Morgan fingerprint density at radius 1 is 1.33 bits per heavy atom. The van der Waals surface area contributed by atoms with E-state index in [0.29, 0.717) is 31.2 Å². The van der Waals surface area contributed by atoms with Crippen molar-refractivity contribution < 1.29 is 34.4 Å². The highest BCUT2D eigenvalue weighted by Crippen LogP contribution is 2.72. The first-order valence-corrected chi connectivity index (χ1v) is 10.1. The lowest BCUT2D eigenvalue weighted by Crippen LogP contribution is -2.69. The molecule has 1 saturated heterocycles. The highest BCUT2D eigenvalue weighted by atomic mass is 16.6. The lowest BCUT2D eigenvalue weighted by molar-refractivity contribution is -0.154. The Hall–Kier alpha value is -2.65. The van der Waals surface area contributed by atoms with E-state index in [1.165, 1.54) is 6.07 Å². The van der Waals surface area contributed by atoms with Crippen molar-refractivity contribution >= 4 is 17.8 Å². The number of carbonyl (C=O) groups excluding carboxylic acids is 2. The van der Waals surface area contributed by atoms with Crippen molar-refractivity contribution in [2.24, 2.45) is 5.41 Å². The second-order valence-corrected chi connectivity index (χ2v) is 9.34. The average molecular weight is 416 g/mol. The van der Waals surface area contributed by atoms with E-state index in [4.69, 9.17) is 9.84 Å². The number of carboxylic acids is 1. The summed E-state index contributed by atoms with van der Waals surface area (Å²) in [5.41, 5.74) is -0.849. The minimum absolute atomic E-state index is 0.0524. The van der Waals surface area contributed by atoms with Crippen molar-refractivity contribution in [3.05, 3.63) is 23.3 Å². The van der Waals surface area contributed by atoms with E-state index in [1.54, 1.807) is 6.07 Å². The van der Waals surface area contributed by atoms with Gasteiger partial charge in [-0.05, 0) is 37.9 Å². The van der Waals surface area contributed by atoms with E-state index in [1.807, 2.05) is 7.05 Å². The molecule has 1 amide bonds. The van der Waals surface area contributed by atoms with Gasteiger partial charge in [0.05, 0.1) is 5.60 Å². The van der Waals surface area contributed by atoms with Crippen molar-refractivity contribution in [2.45, 2.75) is 49.2 Å². The van der Waals surface area contributed by atoms with Gasteiger partial charge in [-0.2, -0.15) is 0 Å². The van der Waals surface area contributed by atoms with Gasteiger partial charge in [0.15, 0.2) is 11.5 Å². The number of aromatic hydroxyl groups is 1. The van der Waals surface area contributed by atoms with Crippen LogP contribution in [0.15, 0.2) is 12.1 Å². The minimum Gasteiger partial charge on any atom is -0.504 e. The lowest BCUT2D eigenvalue weighted by Gasteiger charge is -2.56. The van der Waals surface area contributed by atoms with Crippen LogP contribution >= 0.6 is 0 Å². The van der Waals surface area contributed by atoms with Crippen molar-refractivity contribution in [3.63, 3.8) is 0 Å². The molecular formula is C21H24N2O7. The molecule has 160 valence electrons. The number of ether oxygens (including phenoxy) is 1. The Labute approximate surface area is 172 Å². The summed E-state index contributed by atoms with van der Waals surface area (Å²) in [5, 5.41) is 33.8. The molecule has 2 saturated carbocycles. The van der Waals surface area contributed by atoms with Gasteiger partial charge in [0.25, 0.3) is 0 Å². The molecule has 2 bridgehead atoms. The van der Waals surface area contributed by atoms with Gasteiger partial charge < -0.3 is 25.4 Å². The Balaban J connectivity index is 1.59. The summed E-state index contributed by atoms with van der Waals surface area (Å²) in [5.74, 6) is -1.54. The number of hydrogen-bond donors (Lipinski definition) is 4. The maximum Gasteiger partial charge on any atom is 0.413 e. The Morgan fingerprint density at radius 2 is 2.10 bits per heavy atom. The number of fused-ring (bicyclic) bond motifs is 2. The molecule has 1 aromatic carbocycles. The number of carbonyl (C=O) groups is 3. The van der Waals surface area contributed by atoms with Crippen LogP contribution in [0.5, 0.6) is 11.5 Å². The summed E-state index contributed by atoms with van der Waals surface area (Å²) in [7, 11) is 1.98. The van der Waals surface area contributed by atoms with Crippen LogP contribution in [0.25, 0.3) is 0 Å². The molecule has 4 unspecified atom stereocenters. The molecule has 4 atom stereocenters. The van der Waals surface area contributed by atoms with Gasteiger partial charge in [-0.1, -0.05) is 6.07 Å². The van der Waals surface area contributed by atoms with Crippen LogP contribution in [0.2, 0.25) is 0 Å².